The van der Waals surface area contributed by atoms with Crippen LogP contribution in [0.3, 0.4) is 0 Å². The third-order valence-corrected chi connectivity index (χ3v) is 31.5. The van der Waals surface area contributed by atoms with Crippen molar-refractivity contribution < 1.29 is 17.7 Å². The SMILES string of the molecule is CCCCCCCCO[Si](CCCCCCCC)(OCCCCCCCC)C(CC)SSSSC(CC)[Si](CCCCCCCC)(OCCCCCCCC)OCCCCCCCC. The van der Waals surface area contributed by atoms with Crippen molar-refractivity contribution in [2.45, 2.75) is 321 Å². The maximum atomic E-state index is 7.30. The molecule has 0 radical (unpaired) electrons. The minimum absolute atomic E-state index is 0.430. The highest BCUT2D eigenvalue weighted by atomic mass is 33.7. The quantitative estimate of drug-likeness (QED) is 0.0339. The van der Waals surface area contributed by atoms with Gasteiger partial charge in [0.05, 0.1) is 9.75 Å². The van der Waals surface area contributed by atoms with E-state index in [-0.39, 0.29) is 0 Å². The van der Waals surface area contributed by atoms with Crippen molar-refractivity contribution in [3.63, 3.8) is 0 Å². The lowest BCUT2D eigenvalue weighted by molar-refractivity contribution is 0.157. The first-order valence-electron chi connectivity index (χ1n) is 28.7. The van der Waals surface area contributed by atoms with Crippen LogP contribution in [0.25, 0.3) is 0 Å². The minimum atomic E-state index is -2.49. The molecule has 0 rings (SSSR count). The van der Waals surface area contributed by atoms with Crippen LogP contribution in [-0.2, 0) is 17.7 Å². The number of hydrogen-bond donors (Lipinski definition) is 0. The highest BCUT2D eigenvalue weighted by molar-refractivity contribution is 9.26. The van der Waals surface area contributed by atoms with E-state index < -0.39 is 17.1 Å². The minimum Gasteiger partial charge on any atom is -0.394 e. The Bertz CT molecular complexity index is 803. The molecule has 2 atom stereocenters. The molecular formula is C54H114O4S4Si2. The van der Waals surface area contributed by atoms with Gasteiger partial charge in [-0.15, -0.1) is 0 Å². The van der Waals surface area contributed by atoms with Crippen molar-refractivity contribution in [2.75, 3.05) is 26.4 Å². The highest BCUT2D eigenvalue weighted by Crippen LogP contribution is 2.52. The van der Waals surface area contributed by atoms with Crippen molar-refractivity contribution in [1.29, 1.82) is 0 Å². The fourth-order valence-electron chi connectivity index (χ4n) is 8.91. The Kier molecular flexibility index (Phi) is 52.4. The lowest BCUT2D eigenvalue weighted by atomic mass is 10.1. The molecule has 0 aromatic rings. The predicted octanol–water partition coefficient (Wildman–Crippen LogP) is 21.4. The molecule has 0 bridgehead atoms. The van der Waals surface area contributed by atoms with E-state index in [1.54, 1.807) is 0 Å². The molecule has 0 saturated heterocycles. The zero-order valence-corrected chi connectivity index (χ0v) is 49.8. The molecule has 2 unspecified atom stereocenters. The average Bonchev–Trinajstić information content (AvgIpc) is 3.30. The average molecular weight is 1010 g/mol. The summed E-state index contributed by atoms with van der Waals surface area (Å²) in [5.41, 5.74) is 0. The fourth-order valence-corrected chi connectivity index (χ4v) is 29.3. The Morgan fingerprint density at radius 2 is 0.469 bits per heavy atom. The van der Waals surface area contributed by atoms with E-state index in [9.17, 15) is 0 Å². The lowest BCUT2D eigenvalue weighted by Crippen LogP contribution is -2.52. The molecule has 0 aromatic carbocycles. The summed E-state index contributed by atoms with van der Waals surface area (Å²) in [6, 6.07) is 2.30. The fraction of sp³-hybridized carbons (Fsp3) is 1.00. The molecule has 10 heteroatoms. The van der Waals surface area contributed by atoms with Gasteiger partial charge in [0.1, 0.15) is 0 Å². The molecule has 64 heavy (non-hydrogen) atoms. The van der Waals surface area contributed by atoms with Crippen molar-refractivity contribution in [3.8, 4) is 0 Å². The zero-order valence-electron chi connectivity index (χ0n) is 44.5. The van der Waals surface area contributed by atoms with E-state index >= 15 is 0 Å². The Morgan fingerprint density at radius 3 is 0.688 bits per heavy atom. The molecule has 0 saturated carbocycles. The summed E-state index contributed by atoms with van der Waals surface area (Å²) in [6.07, 6.45) is 49.5. The van der Waals surface area contributed by atoms with Crippen LogP contribution < -0.4 is 0 Å². The maximum absolute atomic E-state index is 7.30. The zero-order chi connectivity index (χ0) is 46.9. The van der Waals surface area contributed by atoms with Gasteiger partial charge in [0.15, 0.2) is 0 Å². The second kappa shape index (κ2) is 51.0. The Morgan fingerprint density at radius 1 is 0.266 bits per heavy atom. The molecule has 0 spiro atoms. The van der Waals surface area contributed by atoms with Crippen LogP contribution in [-0.4, -0.2) is 53.3 Å². The van der Waals surface area contributed by atoms with Gasteiger partial charge < -0.3 is 17.7 Å². The standard InChI is InChI=1S/C54H114O4S4Si2/c1-9-17-23-29-35-41-47-55-63(51-45-39-33-27-21-13-5,56-48-42-36-30-24-18-10-2)53(15-7)59-61-62-60-54(16-8)64(52-46-40-34-28-22-14-6,57-49-43-37-31-25-19-11-3)58-50-44-38-32-26-20-12-4/h53-54H,9-52H2,1-8H3. The Balaban J connectivity index is 6.24. The molecule has 4 nitrogen and oxygen atoms in total. The molecule has 0 amide bonds. The van der Waals surface area contributed by atoms with Crippen LogP contribution in [0.5, 0.6) is 0 Å². The molecule has 0 heterocycles. The summed E-state index contributed by atoms with van der Waals surface area (Å²) in [5.74, 6) is 0. The van der Waals surface area contributed by atoms with E-state index in [4.69, 9.17) is 17.7 Å². The Labute approximate surface area is 420 Å². The highest BCUT2D eigenvalue weighted by Gasteiger charge is 2.47. The summed E-state index contributed by atoms with van der Waals surface area (Å²) >= 11 is 0. The van der Waals surface area contributed by atoms with Gasteiger partial charge in [-0.25, -0.2) is 0 Å². The topological polar surface area (TPSA) is 36.9 Å². The van der Waals surface area contributed by atoms with E-state index in [1.807, 2.05) is 19.7 Å². The van der Waals surface area contributed by atoms with Crippen molar-refractivity contribution in [3.05, 3.63) is 0 Å². The maximum Gasteiger partial charge on any atom is 0.352 e. The first-order chi connectivity index (χ1) is 31.5. The second-order valence-electron chi connectivity index (χ2n) is 19.2. The monoisotopic (exact) mass is 1010 g/mol. The van der Waals surface area contributed by atoms with Gasteiger partial charge in [-0.3, -0.25) is 0 Å². The summed E-state index contributed by atoms with van der Waals surface area (Å²) < 4.78 is 29.2. The number of hydrogen-bond acceptors (Lipinski definition) is 8. The van der Waals surface area contributed by atoms with Gasteiger partial charge in [-0.1, -0.05) is 282 Å². The molecular weight excluding hydrogens is 897 g/mol. The summed E-state index contributed by atoms with van der Waals surface area (Å²) in [4.78, 5) is 0.860. The van der Waals surface area contributed by atoms with Crippen LogP contribution in [0.1, 0.15) is 299 Å². The third-order valence-electron chi connectivity index (χ3n) is 13.2. The lowest BCUT2D eigenvalue weighted by Gasteiger charge is -2.38. The van der Waals surface area contributed by atoms with Crippen LogP contribution in [0, 0.1) is 0 Å². The predicted molar refractivity (Wildman–Crippen MR) is 304 cm³/mol. The summed E-state index contributed by atoms with van der Waals surface area (Å²) in [7, 11) is 3.30. The Hall–Kier alpha value is 1.67. The largest absolute Gasteiger partial charge is 0.394 e. The van der Waals surface area contributed by atoms with Crippen molar-refractivity contribution in [1.82, 2.24) is 0 Å². The molecule has 0 aliphatic heterocycles. The van der Waals surface area contributed by atoms with Crippen LogP contribution in [0.2, 0.25) is 12.1 Å². The van der Waals surface area contributed by atoms with Crippen molar-refractivity contribution in [2.24, 2.45) is 0 Å². The molecule has 0 aliphatic carbocycles. The summed E-state index contributed by atoms with van der Waals surface area (Å²) in [5, 5.41) is 0. The van der Waals surface area contributed by atoms with Crippen molar-refractivity contribution >= 4 is 58.4 Å². The first-order valence-corrected chi connectivity index (χ1v) is 37.8. The normalized spacial score (nSPS) is 13.3. The third kappa shape index (κ3) is 36.6. The first kappa shape index (κ1) is 65.7. The van der Waals surface area contributed by atoms with E-state index in [0.717, 1.165) is 51.4 Å². The van der Waals surface area contributed by atoms with Crippen LogP contribution in [0.15, 0.2) is 0 Å². The molecule has 0 aromatic heterocycles. The van der Waals surface area contributed by atoms with Gasteiger partial charge >= 0.3 is 17.1 Å². The molecule has 0 aliphatic rings. The summed E-state index contributed by atoms with van der Waals surface area (Å²) in [6.45, 7) is 22.3. The number of unbranched alkanes of at least 4 members (excludes halogenated alkanes) is 30. The van der Waals surface area contributed by atoms with E-state index in [0.29, 0.717) is 9.75 Å². The van der Waals surface area contributed by atoms with Crippen LogP contribution in [0.4, 0.5) is 0 Å². The van der Waals surface area contributed by atoms with Gasteiger partial charge in [-0.05, 0) is 70.3 Å². The second-order valence-corrected chi connectivity index (χ2v) is 33.1. The smallest absolute Gasteiger partial charge is 0.352 e. The van der Waals surface area contributed by atoms with Gasteiger partial charge in [0.25, 0.3) is 0 Å². The van der Waals surface area contributed by atoms with Gasteiger partial charge in [0.2, 0.25) is 0 Å². The molecule has 0 fully saturated rings. The molecule has 0 N–H and O–H groups in total. The molecule has 386 valence electrons. The number of rotatable bonds is 55. The van der Waals surface area contributed by atoms with Gasteiger partial charge in [0, 0.05) is 26.4 Å². The van der Waals surface area contributed by atoms with Gasteiger partial charge in [-0.2, -0.15) is 0 Å². The van der Waals surface area contributed by atoms with Crippen LogP contribution >= 0.6 is 41.2 Å². The van der Waals surface area contributed by atoms with E-state index in [2.05, 4.69) is 77.0 Å². The van der Waals surface area contributed by atoms with E-state index in [1.165, 1.54) is 231 Å².